The van der Waals surface area contributed by atoms with Crippen LogP contribution in [0.15, 0.2) is 23.1 Å². The first-order valence-electron chi connectivity index (χ1n) is 5.06. The van der Waals surface area contributed by atoms with Gasteiger partial charge in [-0.05, 0) is 24.6 Å². The number of aliphatic hydroxyl groups is 1. The molecule has 2 rings (SSSR count). The number of hydrogen-bond donors (Lipinski definition) is 2. The lowest BCUT2D eigenvalue weighted by atomic mass is 10.2. The summed E-state index contributed by atoms with van der Waals surface area (Å²) in [6.45, 7) is -0.190. The first-order valence-corrected chi connectivity index (χ1v) is 6.50. The highest BCUT2D eigenvalue weighted by molar-refractivity contribution is 7.90. The lowest BCUT2D eigenvalue weighted by Gasteiger charge is -2.13. The van der Waals surface area contributed by atoms with Gasteiger partial charge in [0, 0.05) is 18.8 Å². The Bertz CT molecular complexity index is 568. The Labute approximate surface area is 98.7 Å². The molecule has 1 aliphatic heterocycles. The van der Waals surface area contributed by atoms with Crippen molar-refractivity contribution >= 4 is 21.6 Å². The second-order valence-corrected chi connectivity index (χ2v) is 5.55. The van der Waals surface area contributed by atoms with Gasteiger partial charge in [-0.3, -0.25) is 4.79 Å². The number of aliphatic hydroxyl groups excluding tert-OH is 1. The summed E-state index contributed by atoms with van der Waals surface area (Å²) in [7, 11) is -3.80. The maximum absolute atomic E-state index is 12.0. The predicted octanol–water partition coefficient (Wildman–Crippen LogP) is -0.204. The number of carbonyl (C=O) groups is 1. The van der Waals surface area contributed by atoms with Crippen LogP contribution in [0, 0.1) is 0 Å². The van der Waals surface area contributed by atoms with Gasteiger partial charge in [-0.25, -0.2) is 12.7 Å². The van der Waals surface area contributed by atoms with Crippen LogP contribution in [0.3, 0.4) is 0 Å². The number of nitrogen functional groups attached to an aromatic ring is 1. The van der Waals surface area contributed by atoms with E-state index in [2.05, 4.69) is 0 Å². The van der Waals surface area contributed by atoms with Crippen LogP contribution in [0.25, 0.3) is 0 Å². The lowest BCUT2D eigenvalue weighted by molar-refractivity contribution is 0.0865. The van der Waals surface area contributed by atoms with Crippen molar-refractivity contribution in [1.29, 1.82) is 0 Å². The second-order valence-electron chi connectivity index (χ2n) is 3.72. The summed E-state index contributed by atoms with van der Waals surface area (Å²) >= 11 is 0. The molecule has 0 fully saturated rings. The van der Waals surface area contributed by atoms with Crippen LogP contribution in [0.5, 0.6) is 0 Å². The zero-order valence-electron chi connectivity index (χ0n) is 8.96. The van der Waals surface area contributed by atoms with Crippen LogP contribution in [0.1, 0.15) is 16.8 Å². The summed E-state index contributed by atoms with van der Waals surface area (Å²) in [4.78, 5) is 11.8. The van der Waals surface area contributed by atoms with E-state index in [4.69, 9.17) is 10.8 Å². The van der Waals surface area contributed by atoms with E-state index in [0.717, 1.165) is 4.31 Å². The van der Waals surface area contributed by atoms with Crippen molar-refractivity contribution in [2.45, 2.75) is 11.3 Å². The minimum atomic E-state index is -3.80. The molecule has 3 N–H and O–H groups in total. The standard InChI is InChI=1S/C10H12N2O4S/c11-7-2-3-8-9(6-7)17(15,16)12(10(8)14)4-1-5-13/h2-3,6,13H,1,4-5,11H2. The van der Waals surface area contributed by atoms with Crippen LogP contribution in [0.4, 0.5) is 5.69 Å². The van der Waals surface area contributed by atoms with Crippen molar-refractivity contribution in [3.05, 3.63) is 23.8 Å². The van der Waals surface area contributed by atoms with Crippen molar-refractivity contribution < 1.29 is 18.3 Å². The smallest absolute Gasteiger partial charge is 0.269 e. The molecule has 17 heavy (non-hydrogen) atoms. The van der Waals surface area contributed by atoms with Gasteiger partial charge in [0.15, 0.2) is 0 Å². The second kappa shape index (κ2) is 4.01. The molecule has 1 amide bonds. The van der Waals surface area contributed by atoms with Crippen molar-refractivity contribution in [2.75, 3.05) is 18.9 Å². The summed E-state index contributed by atoms with van der Waals surface area (Å²) in [5, 5.41) is 8.69. The number of fused-ring (bicyclic) bond motifs is 1. The minimum absolute atomic E-state index is 0.0216. The SMILES string of the molecule is Nc1ccc2c(c1)S(=O)(=O)N(CCCO)C2=O. The quantitative estimate of drug-likeness (QED) is 0.729. The van der Waals surface area contributed by atoms with Crippen LogP contribution in [-0.2, 0) is 10.0 Å². The third-order valence-corrected chi connectivity index (χ3v) is 4.37. The number of nitrogens with two attached hydrogens (primary N) is 1. The largest absolute Gasteiger partial charge is 0.399 e. The van der Waals surface area contributed by atoms with E-state index in [1.54, 1.807) is 0 Å². The number of amides is 1. The molecule has 1 heterocycles. The molecule has 0 saturated heterocycles. The average Bonchev–Trinajstić information content (AvgIpc) is 2.45. The van der Waals surface area contributed by atoms with Gasteiger partial charge in [-0.15, -0.1) is 0 Å². The van der Waals surface area contributed by atoms with Crippen LogP contribution >= 0.6 is 0 Å². The van der Waals surface area contributed by atoms with Gasteiger partial charge in [0.05, 0.1) is 5.56 Å². The number of sulfonamides is 1. The predicted molar refractivity (Wildman–Crippen MR) is 60.8 cm³/mol. The molecule has 1 aromatic carbocycles. The molecule has 0 bridgehead atoms. The van der Waals surface area contributed by atoms with Crippen molar-refractivity contribution in [3.63, 3.8) is 0 Å². The van der Waals surface area contributed by atoms with Gasteiger partial charge >= 0.3 is 0 Å². The highest BCUT2D eigenvalue weighted by atomic mass is 32.2. The van der Waals surface area contributed by atoms with Crippen molar-refractivity contribution in [1.82, 2.24) is 4.31 Å². The Kier molecular flexibility index (Phi) is 2.80. The number of nitrogens with zero attached hydrogens (tertiary/aromatic N) is 1. The Morgan fingerprint density at radius 1 is 1.35 bits per heavy atom. The maximum Gasteiger partial charge on any atom is 0.269 e. The fourth-order valence-corrected chi connectivity index (χ4v) is 3.37. The van der Waals surface area contributed by atoms with Crippen LogP contribution in [0.2, 0.25) is 0 Å². The fraction of sp³-hybridized carbons (Fsp3) is 0.300. The van der Waals surface area contributed by atoms with Gasteiger partial charge in [-0.2, -0.15) is 0 Å². The zero-order valence-corrected chi connectivity index (χ0v) is 9.77. The highest BCUT2D eigenvalue weighted by Crippen LogP contribution is 2.31. The summed E-state index contributed by atoms with van der Waals surface area (Å²) < 4.78 is 24.8. The van der Waals surface area contributed by atoms with Crippen molar-refractivity contribution in [2.24, 2.45) is 0 Å². The number of benzene rings is 1. The Hall–Kier alpha value is -1.60. The molecule has 0 aromatic heterocycles. The van der Waals surface area contributed by atoms with Gasteiger partial charge in [0.25, 0.3) is 15.9 Å². The molecule has 0 aliphatic carbocycles. The summed E-state index contributed by atoms with van der Waals surface area (Å²) in [6, 6.07) is 4.17. The van der Waals surface area contributed by atoms with Crippen molar-refractivity contribution in [3.8, 4) is 0 Å². The summed E-state index contributed by atoms with van der Waals surface area (Å²) in [5.41, 5.74) is 5.94. The van der Waals surface area contributed by atoms with E-state index in [1.807, 2.05) is 0 Å². The number of anilines is 1. The van der Waals surface area contributed by atoms with E-state index in [-0.39, 0.29) is 30.0 Å². The number of carbonyl (C=O) groups excluding carboxylic acids is 1. The molecule has 1 aliphatic rings. The Morgan fingerprint density at radius 3 is 2.71 bits per heavy atom. The third-order valence-electron chi connectivity index (χ3n) is 2.55. The molecule has 0 saturated carbocycles. The Balaban J connectivity index is 2.49. The van der Waals surface area contributed by atoms with Crippen LogP contribution < -0.4 is 5.73 Å². The average molecular weight is 256 g/mol. The summed E-state index contributed by atoms with van der Waals surface area (Å²) in [5.74, 6) is -0.562. The zero-order chi connectivity index (χ0) is 12.6. The molecular formula is C10H12N2O4S. The molecule has 7 heteroatoms. The topological polar surface area (TPSA) is 101 Å². The fourth-order valence-electron chi connectivity index (χ4n) is 1.73. The molecule has 6 nitrogen and oxygen atoms in total. The van der Waals surface area contributed by atoms with Crippen LogP contribution in [-0.4, -0.2) is 36.9 Å². The number of rotatable bonds is 3. The van der Waals surface area contributed by atoms with E-state index < -0.39 is 15.9 Å². The first kappa shape index (κ1) is 11.9. The highest BCUT2D eigenvalue weighted by Gasteiger charge is 2.40. The molecule has 1 aromatic rings. The minimum Gasteiger partial charge on any atom is -0.399 e. The van der Waals surface area contributed by atoms with E-state index in [9.17, 15) is 13.2 Å². The molecule has 0 radical (unpaired) electrons. The molecule has 0 atom stereocenters. The van der Waals surface area contributed by atoms with E-state index >= 15 is 0 Å². The van der Waals surface area contributed by atoms with Gasteiger partial charge in [0.2, 0.25) is 0 Å². The third kappa shape index (κ3) is 1.77. The maximum atomic E-state index is 12.0. The monoisotopic (exact) mass is 256 g/mol. The normalized spacial score (nSPS) is 17.2. The van der Waals surface area contributed by atoms with Gasteiger partial charge in [-0.1, -0.05) is 0 Å². The number of hydrogen-bond acceptors (Lipinski definition) is 5. The summed E-state index contributed by atoms with van der Waals surface area (Å²) in [6.07, 6.45) is 0.217. The van der Waals surface area contributed by atoms with Gasteiger partial charge < -0.3 is 10.8 Å². The lowest BCUT2D eigenvalue weighted by Crippen LogP contribution is -2.31. The molecule has 0 unspecified atom stereocenters. The first-order chi connectivity index (χ1) is 7.98. The van der Waals surface area contributed by atoms with Gasteiger partial charge in [0.1, 0.15) is 4.90 Å². The molecule has 92 valence electrons. The Morgan fingerprint density at radius 2 is 2.06 bits per heavy atom. The molecule has 0 spiro atoms. The molecular weight excluding hydrogens is 244 g/mol. The van der Waals surface area contributed by atoms with E-state index in [1.165, 1.54) is 18.2 Å². The van der Waals surface area contributed by atoms with E-state index in [0.29, 0.717) is 5.69 Å².